The van der Waals surface area contributed by atoms with E-state index in [1.165, 1.54) is 31.8 Å². The lowest BCUT2D eigenvalue weighted by Crippen LogP contribution is -2.35. The first kappa shape index (κ1) is 15.3. The average molecular weight is 337 g/mol. The first-order chi connectivity index (χ1) is 11.2. The highest BCUT2D eigenvalue weighted by molar-refractivity contribution is 6.30. The molecule has 3 heterocycles. The number of fused-ring (bicyclic) bond motifs is 1. The van der Waals surface area contributed by atoms with Crippen molar-refractivity contribution in [2.24, 2.45) is 11.8 Å². The van der Waals surface area contributed by atoms with Gasteiger partial charge in [-0.1, -0.05) is 11.6 Å². The molecule has 1 aromatic rings. The molecule has 1 amide bonds. The number of likely N-dealkylation sites (tertiary alicyclic amines) is 1. The Morgan fingerprint density at radius 1 is 1.26 bits per heavy atom. The SMILES string of the molecule is O=C(c1ncc(Cl)cn1)N1C[C@@H]2CN(CC3CC3)CCO[C@@H]2C1. The van der Waals surface area contributed by atoms with Crippen LogP contribution in [0.1, 0.15) is 23.5 Å². The van der Waals surface area contributed by atoms with Crippen molar-refractivity contribution in [3.63, 3.8) is 0 Å². The minimum atomic E-state index is -0.132. The van der Waals surface area contributed by atoms with Crippen LogP contribution in [0.4, 0.5) is 0 Å². The van der Waals surface area contributed by atoms with E-state index >= 15 is 0 Å². The summed E-state index contributed by atoms with van der Waals surface area (Å²) in [5, 5.41) is 0.437. The number of hydrogen-bond acceptors (Lipinski definition) is 5. The van der Waals surface area contributed by atoms with Gasteiger partial charge >= 0.3 is 0 Å². The fourth-order valence-corrected chi connectivity index (χ4v) is 3.62. The van der Waals surface area contributed by atoms with Crippen molar-refractivity contribution in [3.05, 3.63) is 23.2 Å². The Bertz CT molecular complexity index is 578. The predicted molar refractivity (Wildman–Crippen MR) is 85.3 cm³/mol. The quantitative estimate of drug-likeness (QED) is 0.833. The van der Waals surface area contributed by atoms with E-state index in [9.17, 15) is 4.79 Å². The van der Waals surface area contributed by atoms with Crippen molar-refractivity contribution in [1.29, 1.82) is 0 Å². The first-order valence-electron chi connectivity index (χ1n) is 8.30. The smallest absolute Gasteiger partial charge is 0.291 e. The zero-order valence-electron chi connectivity index (χ0n) is 13.0. The van der Waals surface area contributed by atoms with Crippen LogP contribution in [0.5, 0.6) is 0 Å². The van der Waals surface area contributed by atoms with Gasteiger partial charge in [0.25, 0.3) is 5.91 Å². The number of amides is 1. The zero-order chi connectivity index (χ0) is 15.8. The van der Waals surface area contributed by atoms with E-state index in [-0.39, 0.29) is 17.8 Å². The molecular weight excluding hydrogens is 316 g/mol. The Balaban J connectivity index is 1.41. The number of rotatable bonds is 3. The number of carbonyl (C=O) groups excluding carboxylic acids is 1. The molecular formula is C16H21ClN4O2. The van der Waals surface area contributed by atoms with E-state index in [2.05, 4.69) is 14.9 Å². The maximum absolute atomic E-state index is 12.5. The molecule has 1 aromatic heterocycles. The summed E-state index contributed by atoms with van der Waals surface area (Å²) in [5.41, 5.74) is 0. The van der Waals surface area contributed by atoms with Crippen LogP contribution in [0.15, 0.2) is 12.4 Å². The van der Waals surface area contributed by atoms with Crippen LogP contribution in [0.25, 0.3) is 0 Å². The van der Waals surface area contributed by atoms with Gasteiger partial charge in [0.05, 0.1) is 17.7 Å². The molecule has 2 saturated heterocycles. The van der Waals surface area contributed by atoms with Crippen LogP contribution in [-0.2, 0) is 4.74 Å². The lowest BCUT2D eigenvalue weighted by Gasteiger charge is -2.23. The molecule has 0 aromatic carbocycles. The summed E-state index contributed by atoms with van der Waals surface area (Å²) < 4.78 is 6.00. The van der Waals surface area contributed by atoms with Gasteiger partial charge in [0.1, 0.15) is 0 Å². The molecule has 6 nitrogen and oxygen atoms in total. The molecule has 4 rings (SSSR count). The van der Waals surface area contributed by atoms with Crippen molar-refractivity contribution >= 4 is 17.5 Å². The Hall–Kier alpha value is -1.24. The average Bonchev–Trinajstić information content (AvgIpc) is 3.31. The monoisotopic (exact) mass is 336 g/mol. The minimum Gasteiger partial charge on any atom is -0.375 e. The van der Waals surface area contributed by atoms with Gasteiger partial charge in [-0.3, -0.25) is 4.79 Å². The molecule has 0 unspecified atom stereocenters. The molecule has 2 aliphatic heterocycles. The van der Waals surface area contributed by atoms with Gasteiger partial charge in [0.15, 0.2) is 0 Å². The summed E-state index contributed by atoms with van der Waals surface area (Å²) in [6.45, 7) is 5.32. The van der Waals surface area contributed by atoms with Crippen LogP contribution in [-0.4, -0.2) is 71.1 Å². The third kappa shape index (κ3) is 3.49. The third-order valence-corrected chi connectivity index (χ3v) is 5.12. The Kier molecular flexibility index (Phi) is 4.22. The van der Waals surface area contributed by atoms with E-state index in [4.69, 9.17) is 16.3 Å². The van der Waals surface area contributed by atoms with Gasteiger partial charge in [-0.2, -0.15) is 0 Å². The normalized spacial score (nSPS) is 28.5. The van der Waals surface area contributed by atoms with Crippen molar-refractivity contribution in [2.45, 2.75) is 18.9 Å². The lowest BCUT2D eigenvalue weighted by atomic mass is 10.1. The van der Waals surface area contributed by atoms with Crippen molar-refractivity contribution < 1.29 is 9.53 Å². The highest BCUT2D eigenvalue weighted by Crippen LogP contribution is 2.31. The zero-order valence-corrected chi connectivity index (χ0v) is 13.8. The molecule has 0 N–H and O–H groups in total. The van der Waals surface area contributed by atoms with Gasteiger partial charge in [0, 0.05) is 51.0 Å². The fourth-order valence-electron chi connectivity index (χ4n) is 3.52. The van der Waals surface area contributed by atoms with Crippen molar-refractivity contribution in [1.82, 2.24) is 19.8 Å². The van der Waals surface area contributed by atoms with Crippen LogP contribution in [0, 0.1) is 11.8 Å². The number of nitrogens with zero attached hydrogens (tertiary/aromatic N) is 4. The Morgan fingerprint density at radius 3 is 2.78 bits per heavy atom. The second kappa shape index (κ2) is 6.34. The topological polar surface area (TPSA) is 58.6 Å². The molecule has 0 bridgehead atoms. The molecule has 124 valence electrons. The van der Waals surface area contributed by atoms with Crippen LogP contribution in [0.2, 0.25) is 5.02 Å². The maximum atomic E-state index is 12.5. The van der Waals surface area contributed by atoms with Crippen LogP contribution < -0.4 is 0 Å². The second-order valence-corrected chi connectivity index (χ2v) is 7.24. The van der Waals surface area contributed by atoms with Crippen molar-refractivity contribution in [3.8, 4) is 0 Å². The summed E-state index contributed by atoms with van der Waals surface area (Å²) in [4.78, 5) is 24.9. The Labute approximate surface area is 140 Å². The predicted octanol–water partition coefficient (Wildman–Crippen LogP) is 1.31. The van der Waals surface area contributed by atoms with Crippen molar-refractivity contribution in [2.75, 3.05) is 39.3 Å². The van der Waals surface area contributed by atoms with E-state index in [1.54, 1.807) is 0 Å². The summed E-state index contributed by atoms with van der Waals surface area (Å²) in [5.74, 6) is 1.34. The van der Waals surface area contributed by atoms with Gasteiger partial charge in [-0.15, -0.1) is 0 Å². The molecule has 2 atom stereocenters. The molecule has 1 aliphatic carbocycles. The number of hydrogen-bond donors (Lipinski definition) is 0. The number of halogens is 1. The molecule has 0 spiro atoms. The molecule has 3 aliphatic rings. The fraction of sp³-hybridized carbons (Fsp3) is 0.688. The van der Waals surface area contributed by atoms with Crippen LogP contribution in [0.3, 0.4) is 0 Å². The minimum absolute atomic E-state index is 0.132. The summed E-state index contributed by atoms with van der Waals surface area (Å²) in [7, 11) is 0. The van der Waals surface area contributed by atoms with E-state index in [0.717, 1.165) is 32.2 Å². The number of aromatic nitrogens is 2. The summed E-state index contributed by atoms with van der Waals surface area (Å²) in [6, 6.07) is 0. The highest BCUT2D eigenvalue weighted by Gasteiger charge is 2.40. The summed E-state index contributed by atoms with van der Waals surface area (Å²) >= 11 is 5.78. The second-order valence-electron chi connectivity index (χ2n) is 6.81. The van der Waals surface area contributed by atoms with E-state index < -0.39 is 0 Å². The first-order valence-corrected chi connectivity index (χ1v) is 8.67. The molecule has 3 fully saturated rings. The molecule has 1 saturated carbocycles. The maximum Gasteiger partial charge on any atom is 0.291 e. The van der Waals surface area contributed by atoms with Crippen LogP contribution >= 0.6 is 11.6 Å². The lowest BCUT2D eigenvalue weighted by molar-refractivity contribution is 0.0481. The standard InChI is InChI=1S/C16H21ClN4O2/c17-13-5-18-15(19-6-13)16(22)21-9-12-8-20(7-11-1-2-11)3-4-23-14(12)10-21/h5-6,11-12,14H,1-4,7-10H2/t12-,14+/m0/s1. The Morgan fingerprint density at radius 2 is 2.04 bits per heavy atom. The highest BCUT2D eigenvalue weighted by atomic mass is 35.5. The molecule has 7 heteroatoms. The number of ether oxygens (including phenoxy) is 1. The molecule has 23 heavy (non-hydrogen) atoms. The van der Waals surface area contributed by atoms with E-state index in [1.807, 2.05) is 4.90 Å². The molecule has 0 radical (unpaired) electrons. The van der Waals surface area contributed by atoms with Gasteiger partial charge < -0.3 is 14.5 Å². The van der Waals surface area contributed by atoms with Gasteiger partial charge in [-0.05, 0) is 18.8 Å². The van der Waals surface area contributed by atoms with E-state index in [0.29, 0.717) is 17.5 Å². The van der Waals surface area contributed by atoms with Gasteiger partial charge in [0.2, 0.25) is 5.82 Å². The largest absolute Gasteiger partial charge is 0.375 e. The number of carbonyl (C=O) groups is 1. The summed E-state index contributed by atoms with van der Waals surface area (Å²) in [6.07, 6.45) is 5.79. The third-order valence-electron chi connectivity index (χ3n) is 4.93. The van der Waals surface area contributed by atoms with Gasteiger partial charge in [-0.25, -0.2) is 9.97 Å².